The van der Waals surface area contributed by atoms with E-state index in [0.717, 1.165) is 12.8 Å². The average Bonchev–Trinajstić information content (AvgIpc) is 2.38. The van der Waals surface area contributed by atoms with Crippen molar-refractivity contribution in [1.29, 1.82) is 0 Å². The Labute approximate surface area is 116 Å². The van der Waals surface area contributed by atoms with Gasteiger partial charge in [0.15, 0.2) is 5.03 Å². The van der Waals surface area contributed by atoms with Gasteiger partial charge in [-0.1, -0.05) is 31.5 Å². The highest BCUT2D eigenvalue weighted by molar-refractivity contribution is 8.00. The molecule has 1 aromatic heterocycles. The molecule has 0 radical (unpaired) electrons. The lowest BCUT2D eigenvalue weighted by Crippen LogP contribution is -2.15. The second-order valence-corrected chi connectivity index (χ2v) is 6.18. The lowest BCUT2D eigenvalue weighted by Gasteiger charge is -2.25. The summed E-state index contributed by atoms with van der Waals surface area (Å²) in [5.41, 5.74) is -0.00627. The largest absolute Gasteiger partial charge is 0.367 e. The number of anilines is 1. The van der Waals surface area contributed by atoms with Crippen LogP contribution in [0.2, 0.25) is 0 Å². The van der Waals surface area contributed by atoms with E-state index in [1.165, 1.54) is 30.9 Å². The van der Waals surface area contributed by atoms with Crippen molar-refractivity contribution >= 4 is 23.3 Å². The van der Waals surface area contributed by atoms with Gasteiger partial charge in [-0.05, 0) is 18.8 Å². The van der Waals surface area contributed by atoms with Gasteiger partial charge < -0.3 is 5.32 Å². The summed E-state index contributed by atoms with van der Waals surface area (Å²) < 4.78 is 0. The summed E-state index contributed by atoms with van der Waals surface area (Å²) in [5.74, 6) is 0.974. The second kappa shape index (κ2) is 6.18. The van der Waals surface area contributed by atoms with Crippen LogP contribution in [-0.2, 0) is 0 Å². The van der Waals surface area contributed by atoms with Gasteiger partial charge >= 0.3 is 5.69 Å². The maximum Gasteiger partial charge on any atom is 0.343 e. The third kappa shape index (κ3) is 3.34. The first-order valence-electron chi connectivity index (χ1n) is 6.45. The zero-order valence-corrected chi connectivity index (χ0v) is 11.9. The number of thioether (sulfide) groups is 1. The molecule has 2 unspecified atom stereocenters. The van der Waals surface area contributed by atoms with E-state index in [0.29, 0.717) is 16.2 Å². The molecule has 1 fully saturated rings. The van der Waals surface area contributed by atoms with Crippen LogP contribution in [0.4, 0.5) is 11.5 Å². The van der Waals surface area contributed by atoms with E-state index in [2.05, 4.69) is 22.2 Å². The van der Waals surface area contributed by atoms with E-state index >= 15 is 0 Å². The van der Waals surface area contributed by atoms with Gasteiger partial charge in [-0.15, -0.1) is 0 Å². The molecule has 7 heteroatoms. The van der Waals surface area contributed by atoms with E-state index in [9.17, 15) is 10.1 Å². The van der Waals surface area contributed by atoms with Crippen molar-refractivity contribution in [1.82, 2.24) is 9.97 Å². The fourth-order valence-electron chi connectivity index (χ4n) is 2.44. The predicted molar refractivity (Wildman–Crippen MR) is 75.5 cm³/mol. The van der Waals surface area contributed by atoms with Crippen LogP contribution in [0.25, 0.3) is 0 Å². The molecule has 1 aliphatic carbocycles. The lowest BCUT2D eigenvalue weighted by molar-refractivity contribution is -0.387. The van der Waals surface area contributed by atoms with Gasteiger partial charge in [0.1, 0.15) is 6.33 Å². The van der Waals surface area contributed by atoms with E-state index in [1.54, 1.807) is 7.05 Å². The third-order valence-corrected chi connectivity index (χ3v) is 4.66. The first-order valence-corrected chi connectivity index (χ1v) is 7.33. The fourth-order valence-corrected chi connectivity index (χ4v) is 3.86. The number of nitrogens with zero attached hydrogens (tertiary/aromatic N) is 3. The Morgan fingerprint density at radius 3 is 2.89 bits per heavy atom. The number of hydrogen-bond acceptors (Lipinski definition) is 6. The molecule has 0 spiro atoms. The minimum Gasteiger partial charge on any atom is -0.367 e. The summed E-state index contributed by atoms with van der Waals surface area (Å²) in [6.07, 6.45) is 6.03. The Bertz CT molecular complexity index is 469. The number of nitrogens with one attached hydrogen (secondary N) is 1. The maximum atomic E-state index is 11.2. The summed E-state index contributed by atoms with van der Waals surface area (Å²) in [4.78, 5) is 18.8. The quantitative estimate of drug-likeness (QED) is 0.519. The molecule has 1 aliphatic rings. The second-order valence-electron chi connectivity index (χ2n) is 4.89. The van der Waals surface area contributed by atoms with E-state index in [1.807, 2.05) is 0 Å². The molecule has 2 atom stereocenters. The average molecular weight is 282 g/mol. The molecule has 2 rings (SSSR count). The summed E-state index contributed by atoms with van der Waals surface area (Å²) in [7, 11) is 1.63. The normalized spacial score (nSPS) is 23.1. The minimum absolute atomic E-state index is 0.00627. The highest BCUT2D eigenvalue weighted by Crippen LogP contribution is 2.40. The third-order valence-electron chi connectivity index (χ3n) is 3.37. The molecule has 19 heavy (non-hydrogen) atoms. The van der Waals surface area contributed by atoms with Crippen LogP contribution in [0.3, 0.4) is 0 Å². The Hall–Kier alpha value is -1.37. The van der Waals surface area contributed by atoms with Crippen molar-refractivity contribution in [3.8, 4) is 0 Å². The lowest BCUT2D eigenvalue weighted by atomic mass is 9.91. The number of rotatable bonds is 4. The molecule has 0 aliphatic heterocycles. The Kier molecular flexibility index (Phi) is 4.57. The van der Waals surface area contributed by atoms with Crippen LogP contribution in [0.1, 0.15) is 32.6 Å². The predicted octanol–water partition coefficient (Wildman–Crippen LogP) is 3.10. The van der Waals surface area contributed by atoms with Gasteiger partial charge in [-0.25, -0.2) is 9.97 Å². The monoisotopic (exact) mass is 282 g/mol. The van der Waals surface area contributed by atoms with Crippen molar-refractivity contribution < 1.29 is 4.92 Å². The smallest absolute Gasteiger partial charge is 0.343 e. The highest BCUT2D eigenvalue weighted by Gasteiger charge is 2.27. The Morgan fingerprint density at radius 2 is 2.26 bits per heavy atom. The Morgan fingerprint density at radius 1 is 1.47 bits per heavy atom. The van der Waals surface area contributed by atoms with Gasteiger partial charge in [0, 0.05) is 12.3 Å². The van der Waals surface area contributed by atoms with Crippen molar-refractivity contribution in [2.24, 2.45) is 5.92 Å². The van der Waals surface area contributed by atoms with Crippen LogP contribution in [0.15, 0.2) is 11.4 Å². The number of aromatic nitrogens is 2. The van der Waals surface area contributed by atoms with Gasteiger partial charge in [-0.3, -0.25) is 10.1 Å². The zero-order valence-electron chi connectivity index (χ0n) is 11.1. The molecular formula is C12H18N4O2S. The molecule has 0 aromatic carbocycles. The summed E-state index contributed by atoms with van der Waals surface area (Å²) in [6.45, 7) is 2.24. The summed E-state index contributed by atoms with van der Waals surface area (Å²) in [6, 6.07) is 0. The van der Waals surface area contributed by atoms with Crippen molar-refractivity contribution in [3.05, 3.63) is 16.4 Å². The van der Waals surface area contributed by atoms with Gasteiger partial charge in [0.25, 0.3) is 0 Å². The van der Waals surface area contributed by atoms with E-state index < -0.39 is 4.92 Å². The van der Waals surface area contributed by atoms with Crippen LogP contribution in [0, 0.1) is 16.0 Å². The van der Waals surface area contributed by atoms with E-state index in [-0.39, 0.29) is 11.5 Å². The van der Waals surface area contributed by atoms with Crippen molar-refractivity contribution in [2.45, 2.75) is 42.9 Å². The van der Waals surface area contributed by atoms with Crippen molar-refractivity contribution in [2.75, 3.05) is 12.4 Å². The topological polar surface area (TPSA) is 81.0 Å². The first kappa shape index (κ1) is 14.0. The molecule has 1 N–H and O–H groups in total. The van der Waals surface area contributed by atoms with Crippen LogP contribution in [-0.4, -0.2) is 27.2 Å². The van der Waals surface area contributed by atoms with Crippen LogP contribution in [0.5, 0.6) is 0 Å². The SMILES string of the molecule is CNc1ncnc(SC2CCCC(C)C2)c1[N+](=O)[O-]. The number of nitro groups is 1. The van der Waals surface area contributed by atoms with Gasteiger partial charge in [0.05, 0.1) is 4.92 Å². The van der Waals surface area contributed by atoms with Crippen LogP contribution >= 0.6 is 11.8 Å². The summed E-state index contributed by atoms with van der Waals surface area (Å²) >= 11 is 1.52. The first-order chi connectivity index (χ1) is 9.11. The van der Waals surface area contributed by atoms with E-state index in [4.69, 9.17) is 0 Å². The fraction of sp³-hybridized carbons (Fsp3) is 0.667. The van der Waals surface area contributed by atoms with Gasteiger partial charge in [-0.2, -0.15) is 0 Å². The molecule has 1 aromatic rings. The molecule has 104 valence electrons. The highest BCUT2D eigenvalue weighted by atomic mass is 32.2. The molecule has 1 saturated carbocycles. The maximum absolute atomic E-state index is 11.2. The zero-order chi connectivity index (χ0) is 13.8. The molecule has 0 saturated heterocycles. The molecule has 6 nitrogen and oxygen atoms in total. The standard InChI is InChI=1S/C12H18N4O2S/c1-8-4-3-5-9(6-8)19-12-10(16(17)18)11(13-2)14-7-15-12/h7-9H,3-6H2,1-2H3,(H,13,14,15). The minimum atomic E-state index is -0.402. The molecule has 0 bridgehead atoms. The molecule has 0 amide bonds. The molecular weight excluding hydrogens is 264 g/mol. The Balaban J connectivity index is 2.21. The summed E-state index contributed by atoms with van der Waals surface area (Å²) in [5, 5.41) is 14.8. The molecule has 1 heterocycles. The van der Waals surface area contributed by atoms with Crippen LogP contribution < -0.4 is 5.32 Å². The van der Waals surface area contributed by atoms with Crippen molar-refractivity contribution in [3.63, 3.8) is 0 Å². The number of hydrogen-bond donors (Lipinski definition) is 1. The van der Waals surface area contributed by atoms with Gasteiger partial charge in [0.2, 0.25) is 5.82 Å².